The first-order valence-electron chi connectivity index (χ1n) is 15.0. The molecule has 2 heterocycles. The van der Waals surface area contributed by atoms with Crippen LogP contribution in [0, 0.1) is 5.92 Å². The molecule has 0 spiro atoms. The lowest BCUT2D eigenvalue weighted by Crippen LogP contribution is -2.39. The molecule has 46 heavy (non-hydrogen) atoms. The molecule has 5 rings (SSSR count). The molecule has 0 aliphatic carbocycles. The SMILES string of the molecule is CCOC(=O)CNC(=O)NCc1cccc(-c2cccc(C3OC(Cn4cnc(Cl)c4Cl)C(C)C(c4ccc(CO)cc4)O3)c2)c1. The smallest absolute Gasteiger partial charge is 0.325 e. The summed E-state index contributed by atoms with van der Waals surface area (Å²) in [5.74, 6) is -0.553. The minimum Gasteiger partial charge on any atom is -0.465 e. The molecule has 1 fully saturated rings. The van der Waals surface area contributed by atoms with Crippen LogP contribution in [0.2, 0.25) is 10.3 Å². The molecule has 0 bridgehead atoms. The monoisotopic (exact) mass is 666 g/mol. The zero-order valence-electron chi connectivity index (χ0n) is 25.5. The predicted octanol–water partition coefficient (Wildman–Crippen LogP) is 6.20. The number of hydrogen-bond acceptors (Lipinski definition) is 7. The Kier molecular flexibility index (Phi) is 11.3. The quantitative estimate of drug-likeness (QED) is 0.163. The van der Waals surface area contributed by atoms with Crippen LogP contribution in [0.25, 0.3) is 11.1 Å². The van der Waals surface area contributed by atoms with Crippen molar-refractivity contribution in [2.24, 2.45) is 5.92 Å². The van der Waals surface area contributed by atoms with Gasteiger partial charge in [0.1, 0.15) is 11.7 Å². The topological polar surface area (TPSA) is 124 Å². The predicted molar refractivity (Wildman–Crippen MR) is 174 cm³/mol. The van der Waals surface area contributed by atoms with E-state index in [2.05, 4.69) is 22.5 Å². The molecule has 4 aromatic rings. The van der Waals surface area contributed by atoms with E-state index in [9.17, 15) is 14.7 Å². The van der Waals surface area contributed by atoms with Gasteiger partial charge in [-0.1, -0.05) is 90.8 Å². The second-order valence-corrected chi connectivity index (χ2v) is 11.7. The van der Waals surface area contributed by atoms with Crippen LogP contribution in [0.1, 0.15) is 48.5 Å². The average molecular weight is 668 g/mol. The molecule has 4 unspecified atom stereocenters. The Morgan fingerprint density at radius 3 is 2.39 bits per heavy atom. The van der Waals surface area contributed by atoms with Crippen molar-refractivity contribution in [2.75, 3.05) is 13.2 Å². The number of nitrogens with one attached hydrogen (secondary N) is 2. The number of imidazole rings is 1. The van der Waals surface area contributed by atoms with E-state index in [-0.39, 0.29) is 49.6 Å². The number of urea groups is 1. The first-order chi connectivity index (χ1) is 22.2. The van der Waals surface area contributed by atoms with Crippen molar-refractivity contribution in [1.29, 1.82) is 0 Å². The Hall–Kier alpha value is -3.93. The number of aliphatic hydroxyl groups is 1. The maximum Gasteiger partial charge on any atom is 0.325 e. The molecule has 10 nitrogen and oxygen atoms in total. The fourth-order valence-electron chi connectivity index (χ4n) is 5.33. The molecule has 0 radical (unpaired) electrons. The largest absolute Gasteiger partial charge is 0.465 e. The highest BCUT2D eigenvalue weighted by molar-refractivity contribution is 6.40. The van der Waals surface area contributed by atoms with Gasteiger partial charge in [0.25, 0.3) is 0 Å². The molecule has 2 amide bonds. The molecule has 242 valence electrons. The van der Waals surface area contributed by atoms with E-state index in [0.717, 1.165) is 33.4 Å². The number of nitrogens with zero attached hydrogens (tertiary/aromatic N) is 2. The van der Waals surface area contributed by atoms with Gasteiger partial charge in [-0.2, -0.15) is 0 Å². The Balaban J connectivity index is 1.35. The third-order valence-corrected chi connectivity index (χ3v) is 8.57. The van der Waals surface area contributed by atoms with Crippen molar-refractivity contribution in [3.8, 4) is 11.1 Å². The third kappa shape index (κ3) is 8.26. The zero-order valence-corrected chi connectivity index (χ0v) is 27.0. The van der Waals surface area contributed by atoms with Crippen molar-refractivity contribution in [3.05, 3.63) is 112 Å². The summed E-state index contributed by atoms with van der Waals surface area (Å²) in [6.45, 7) is 4.49. The van der Waals surface area contributed by atoms with Crippen molar-refractivity contribution in [3.63, 3.8) is 0 Å². The van der Waals surface area contributed by atoms with Gasteiger partial charge in [0.2, 0.25) is 0 Å². The molecule has 0 saturated carbocycles. The number of carbonyl (C=O) groups excluding carboxylic acids is 2. The molecule has 3 N–H and O–H groups in total. The maximum absolute atomic E-state index is 12.2. The standard InChI is InChI=1S/C34H36Cl2N4O6/c1-3-44-29(42)17-38-34(43)37-16-23-6-4-7-25(14-23)26-8-5-9-27(15-26)33-45-28(18-40-20-39-31(35)32(40)36)21(2)30(46-33)24-12-10-22(19-41)11-13-24/h4-15,20-21,28,30,33,41H,3,16-19H2,1-2H3,(H2,37,38,43). The minimum atomic E-state index is -0.686. The minimum absolute atomic E-state index is 0.0393. The number of carbonyl (C=O) groups is 2. The first-order valence-corrected chi connectivity index (χ1v) is 15.7. The summed E-state index contributed by atoms with van der Waals surface area (Å²) in [6.07, 6.45) is 0.316. The molecule has 3 aromatic carbocycles. The lowest BCUT2D eigenvalue weighted by Gasteiger charge is -2.41. The summed E-state index contributed by atoms with van der Waals surface area (Å²) < 4.78 is 19.8. The van der Waals surface area contributed by atoms with Crippen LogP contribution in [0.5, 0.6) is 0 Å². The molecule has 1 aromatic heterocycles. The Morgan fingerprint density at radius 1 is 0.957 bits per heavy atom. The van der Waals surface area contributed by atoms with Crippen LogP contribution >= 0.6 is 23.2 Å². The normalized spacial score (nSPS) is 19.4. The first kappa shape index (κ1) is 33.4. The summed E-state index contributed by atoms with van der Waals surface area (Å²) >= 11 is 12.5. The lowest BCUT2D eigenvalue weighted by atomic mass is 9.90. The van der Waals surface area contributed by atoms with Crippen LogP contribution in [0.4, 0.5) is 4.79 Å². The summed E-state index contributed by atoms with van der Waals surface area (Å²) in [4.78, 5) is 27.8. The maximum atomic E-state index is 12.2. The van der Waals surface area contributed by atoms with E-state index in [1.54, 1.807) is 17.8 Å². The van der Waals surface area contributed by atoms with Gasteiger partial charge in [-0.3, -0.25) is 4.79 Å². The van der Waals surface area contributed by atoms with Crippen molar-refractivity contribution in [1.82, 2.24) is 20.2 Å². The fourth-order valence-corrected chi connectivity index (χ4v) is 5.64. The number of ether oxygens (including phenoxy) is 3. The number of benzene rings is 3. The third-order valence-electron chi connectivity index (χ3n) is 7.80. The van der Waals surface area contributed by atoms with E-state index < -0.39 is 18.3 Å². The van der Waals surface area contributed by atoms with Crippen LogP contribution < -0.4 is 10.6 Å². The second-order valence-electron chi connectivity index (χ2n) is 11.0. The van der Waals surface area contributed by atoms with Gasteiger partial charge >= 0.3 is 12.0 Å². The summed E-state index contributed by atoms with van der Waals surface area (Å²) in [6, 6.07) is 23.0. The van der Waals surface area contributed by atoms with Gasteiger partial charge in [0.15, 0.2) is 11.4 Å². The zero-order chi connectivity index (χ0) is 32.6. The van der Waals surface area contributed by atoms with Gasteiger partial charge in [-0.05, 0) is 46.9 Å². The summed E-state index contributed by atoms with van der Waals surface area (Å²) in [5, 5.41) is 15.4. The Morgan fingerprint density at radius 2 is 1.70 bits per heavy atom. The fraction of sp³-hybridized carbons (Fsp3) is 0.324. The van der Waals surface area contributed by atoms with Crippen LogP contribution in [0.15, 0.2) is 79.1 Å². The highest BCUT2D eigenvalue weighted by Crippen LogP contribution is 2.43. The molecular formula is C34H36Cl2N4O6. The van der Waals surface area contributed by atoms with Gasteiger partial charge in [0, 0.05) is 18.0 Å². The number of aliphatic hydroxyl groups excluding tert-OH is 1. The number of halogens is 2. The van der Waals surface area contributed by atoms with E-state index in [4.69, 9.17) is 37.4 Å². The molecule has 12 heteroatoms. The molecule has 1 saturated heterocycles. The van der Waals surface area contributed by atoms with E-state index in [0.29, 0.717) is 11.7 Å². The Labute approximate surface area is 277 Å². The number of amides is 2. The summed E-state index contributed by atoms with van der Waals surface area (Å²) in [7, 11) is 0. The van der Waals surface area contributed by atoms with Crippen molar-refractivity contribution in [2.45, 2.75) is 52.0 Å². The molecule has 1 aliphatic heterocycles. The van der Waals surface area contributed by atoms with Gasteiger partial charge in [-0.15, -0.1) is 0 Å². The van der Waals surface area contributed by atoms with E-state index >= 15 is 0 Å². The lowest BCUT2D eigenvalue weighted by molar-refractivity contribution is -0.276. The molecular weight excluding hydrogens is 631 g/mol. The van der Waals surface area contributed by atoms with Crippen molar-refractivity contribution >= 4 is 35.2 Å². The van der Waals surface area contributed by atoms with Crippen LogP contribution in [-0.2, 0) is 38.7 Å². The van der Waals surface area contributed by atoms with Crippen LogP contribution in [0.3, 0.4) is 0 Å². The van der Waals surface area contributed by atoms with E-state index in [1.165, 1.54) is 0 Å². The average Bonchev–Trinajstić information content (AvgIpc) is 3.40. The molecule has 1 aliphatic rings. The second kappa shape index (κ2) is 15.6. The number of esters is 1. The highest BCUT2D eigenvalue weighted by atomic mass is 35.5. The van der Waals surface area contributed by atoms with E-state index in [1.807, 2.05) is 72.8 Å². The molecule has 4 atom stereocenters. The Bertz CT molecular complexity index is 1650. The van der Waals surface area contributed by atoms with Gasteiger partial charge in [0.05, 0.1) is 38.3 Å². The van der Waals surface area contributed by atoms with Crippen LogP contribution in [-0.4, -0.2) is 45.9 Å². The number of hydrogen-bond donors (Lipinski definition) is 3. The summed E-state index contributed by atoms with van der Waals surface area (Å²) in [5.41, 5.74) is 5.41. The van der Waals surface area contributed by atoms with Gasteiger partial charge in [-0.25, -0.2) is 9.78 Å². The van der Waals surface area contributed by atoms with Gasteiger partial charge < -0.3 is 34.5 Å². The number of rotatable bonds is 11. The number of aromatic nitrogens is 2. The van der Waals surface area contributed by atoms with Crippen molar-refractivity contribution < 1.29 is 28.9 Å². The highest BCUT2D eigenvalue weighted by Gasteiger charge is 2.39.